The molecule has 0 aliphatic carbocycles. The van der Waals surface area contributed by atoms with Gasteiger partial charge in [0.15, 0.2) is 0 Å². The van der Waals surface area contributed by atoms with Crippen LogP contribution in [0.5, 0.6) is 0 Å². The molecule has 144 valence electrons. The fourth-order valence-corrected chi connectivity index (χ4v) is 4.69. The van der Waals surface area contributed by atoms with E-state index in [0.29, 0.717) is 5.91 Å². The first-order chi connectivity index (χ1) is 13.3. The molecular formula is C22H30N4O. The molecule has 2 aliphatic rings. The summed E-state index contributed by atoms with van der Waals surface area (Å²) in [6.45, 7) is 5.77. The summed E-state index contributed by atoms with van der Waals surface area (Å²) in [6.07, 6.45) is 9.11. The molecule has 1 amide bonds. The van der Waals surface area contributed by atoms with E-state index in [4.69, 9.17) is 0 Å². The third kappa shape index (κ3) is 4.24. The van der Waals surface area contributed by atoms with Crippen molar-refractivity contribution < 1.29 is 4.79 Å². The van der Waals surface area contributed by atoms with Crippen molar-refractivity contribution in [3.63, 3.8) is 0 Å². The third-order valence-electron chi connectivity index (χ3n) is 6.19. The highest BCUT2D eigenvalue weighted by Crippen LogP contribution is 2.40. The van der Waals surface area contributed by atoms with Gasteiger partial charge < -0.3 is 9.80 Å². The summed E-state index contributed by atoms with van der Waals surface area (Å²) in [4.78, 5) is 17.9. The topological polar surface area (TPSA) is 41.4 Å². The van der Waals surface area contributed by atoms with Gasteiger partial charge in [-0.25, -0.2) is 0 Å². The summed E-state index contributed by atoms with van der Waals surface area (Å²) in [5, 5.41) is 4.27. The lowest BCUT2D eigenvalue weighted by atomic mass is 9.78. The van der Waals surface area contributed by atoms with E-state index in [2.05, 4.69) is 39.2 Å². The summed E-state index contributed by atoms with van der Waals surface area (Å²) in [6, 6.07) is 12.5. The van der Waals surface area contributed by atoms with Gasteiger partial charge in [-0.05, 0) is 56.8 Å². The Morgan fingerprint density at radius 3 is 2.70 bits per heavy atom. The van der Waals surface area contributed by atoms with Gasteiger partial charge in [-0.2, -0.15) is 5.10 Å². The smallest absolute Gasteiger partial charge is 0.230 e. The van der Waals surface area contributed by atoms with Crippen molar-refractivity contribution in [2.45, 2.75) is 38.6 Å². The van der Waals surface area contributed by atoms with Gasteiger partial charge in [0.1, 0.15) is 0 Å². The minimum absolute atomic E-state index is 0.124. The third-order valence-corrected chi connectivity index (χ3v) is 6.19. The molecule has 2 fully saturated rings. The predicted octanol–water partition coefficient (Wildman–Crippen LogP) is 2.83. The number of carbonyl (C=O) groups excluding carboxylic acids is 1. The van der Waals surface area contributed by atoms with Crippen molar-refractivity contribution in [3.8, 4) is 0 Å². The van der Waals surface area contributed by atoms with Gasteiger partial charge in [0, 0.05) is 38.6 Å². The Balaban J connectivity index is 1.29. The summed E-state index contributed by atoms with van der Waals surface area (Å²) in [7, 11) is 0. The first kappa shape index (κ1) is 18.2. The summed E-state index contributed by atoms with van der Waals surface area (Å²) in [5.74, 6) is 0.402. The number of carbonyl (C=O) groups is 1. The number of rotatable bonds is 7. The molecule has 3 heterocycles. The maximum atomic E-state index is 13.3. The molecule has 0 bridgehead atoms. The van der Waals surface area contributed by atoms with Crippen LogP contribution in [0.25, 0.3) is 0 Å². The molecule has 5 heteroatoms. The highest BCUT2D eigenvalue weighted by Gasteiger charge is 2.47. The maximum absolute atomic E-state index is 13.3. The Bertz CT molecular complexity index is 730. The number of aromatic nitrogens is 2. The number of aryl methyl sites for hydroxylation is 1. The second kappa shape index (κ2) is 8.26. The number of hydrogen-bond acceptors (Lipinski definition) is 3. The van der Waals surface area contributed by atoms with Crippen LogP contribution in [0.2, 0.25) is 0 Å². The molecule has 2 saturated heterocycles. The Morgan fingerprint density at radius 1 is 1.00 bits per heavy atom. The van der Waals surface area contributed by atoms with E-state index in [1.54, 1.807) is 0 Å². The molecule has 2 aromatic rings. The van der Waals surface area contributed by atoms with Gasteiger partial charge in [-0.1, -0.05) is 30.3 Å². The molecule has 0 saturated carbocycles. The lowest BCUT2D eigenvalue weighted by Crippen LogP contribution is -2.50. The van der Waals surface area contributed by atoms with Crippen LogP contribution in [0.1, 0.15) is 31.2 Å². The van der Waals surface area contributed by atoms with Crippen molar-refractivity contribution >= 4 is 5.91 Å². The molecule has 5 nitrogen and oxygen atoms in total. The zero-order chi connectivity index (χ0) is 18.5. The summed E-state index contributed by atoms with van der Waals surface area (Å²) >= 11 is 0. The van der Waals surface area contributed by atoms with Gasteiger partial charge in [-0.3, -0.25) is 9.48 Å². The molecule has 4 rings (SSSR count). The van der Waals surface area contributed by atoms with Crippen molar-refractivity contribution in [3.05, 3.63) is 54.4 Å². The van der Waals surface area contributed by atoms with Crippen LogP contribution in [0.15, 0.2) is 48.8 Å². The first-order valence-corrected chi connectivity index (χ1v) is 10.3. The van der Waals surface area contributed by atoms with Crippen molar-refractivity contribution in [2.24, 2.45) is 5.41 Å². The second-order valence-electron chi connectivity index (χ2n) is 8.06. The number of benzene rings is 1. The van der Waals surface area contributed by atoms with E-state index in [9.17, 15) is 4.79 Å². The minimum Gasteiger partial charge on any atom is -0.342 e. The molecule has 1 atom stereocenters. The van der Waals surface area contributed by atoms with Crippen LogP contribution in [0.4, 0.5) is 0 Å². The van der Waals surface area contributed by atoms with Gasteiger partial charge in [0.2, 0.25) is 5.91 Å². The van der Waals surface area contributed by atoms with E-state index in [-0.39, 0.29) is 5.41 Å². The average molecular weight is 367 g/mol. The fourth-order valence-electron chi connectivity index (χ4n) is 4.69. The number of amides is 1. The Hall–Kier alpha value is -2.14. The van der Waals surface area contributed by atoms with Crippen molar-refractivity contribution in [1.29, 1.82) is 0 Å². The highest BCUT2D eigenvalue weighted by atomic mass is 16.2. The van der Waals surface area contributed by atoms with Crippen molar-refractivity contribution in [2.75, 3.05) is 32.7 Å². The second-order valence-corrected chi connectivity index (χ2v) is 8.06. The quantitative estimate of drug-likeness (QED) is 0.757. The van der Waals surface area contributed by atoms with E-state index >= 15 is 0 Å². The molecule has 1 unspecified atom stereocenters. The van der Waals surface area contributed by atoms with Gasteiger partial charge >= 0.3 is 0 Å². The SMILES string of the molecule is O=C1N(CCc2ccccc2)CCCC12CCN(CCCn1cccn1)C2. The first-order valence-electron chi connectivity index (χ1n) is 10.3. The van der Waals surface area contributed by atoms with Crippen molar-refractivity contribution in [1.82, 2.24) is 19.6 Å². The van der Waals surface area contributed by atoms with Crippen LogP contribution in [0.3, 0.4) is 0 Å². The summed E-state index contributed by atoms with van der Waals surface area (Å²) in [5.41, 5.74) is 1.19. The number of nitrogens with zero attached hydrogens (tertiary/aromatic N) is 4. The molecule has 27 heavy (non-hydrogen) atoms. The molecular weight excluding hydrogens is 336 g/mol. The van der Waals surface area contributed by atoms with Crippen LogP contribution in [-0.4, -0.2) is 58.2 Å². The predicted molar refractivity (Wildman–Crippen MR) is 106 cm³/mol. The highest BCUT2D eigenvalue weighted by molar-refractivity contribution is 5.84. The lowest BCUT2D eigenvalue weighted by molar-refractivity contribution is -0.145. The van der Waals surface area contributed by atoms with Crippen LogP contribution >= 0.6 is 0 Å². The zero-order valence-electron chi connectivity index (χ0n) is 16.1. The van der Waals surface area contributed by atoms with Crippen LogP contribution in [0, 0.1) is 5.41 Å². The Kier molecular flexibility index (Phi) is 5.58. The molecule has 0 N–H and O–H groups in total. The average Bonchev–Trinajstić information content (AvgIpc) is 3.35. The van der Waals surface area contributed by atoms with E-state index in [1.807, 2.05) is 29.2 Å². The summed E-state index contributed by atoms with van der Waals surface area (Å²) < 4.78 is 1.99. The fraction of sp³-hybridized carbons (Fsp3) is 0.545. The standard InChI is InChI=1S/C22H30N4O/c27-21-22(10-4-14-25(21)17-9-20-7-2-1-3-8-20)11-18-24(19-22)13-6-16-26-15-5-12-23-26/h1-3,5,7-8,12,15H,4,6,9-11,13-14,16-19H2. The molecule has 0 radical (unpaired) electrons. The normalized spacial score (nSPS) is 23.4. The van der Waals surface area contributed by atoms with Gasteiger partial charge in [-0.15, -0.1) is 0 Å². The lowest BCUT2D eigenvalue weighted by Gasteiger charge is -2.39. The minimum atomic E-state index is -0.124. The van der Waals surface area contributed by atoms with E-state index in [1.165, 1.54) is 5.56 Å². The number of hydrogen-bond donors (Lipinski definition) is 0. The van der Waals surface area contributed by atoms with E-state index < -0.39 is 0 Å². The van der Waals surface area contributed by atoms with Gasteiger partial charge in [0.05, 0.1) is 5.41 Å². The maximum Gasteiger partial charge on any atom is 0.230 e. The van der Waals surface area contributed by atoms with Crippen LogP contribution in [-0.2, 0) is 17.8 Å². The van der Waals surface area contributed by atoms with E-state index in [0.717, 1.165) is 71.4 Å². The number of likely N-dealkylation sites (tertiary alicyclic amines) is 2. The molecule has 1 spiro atoms. The number of piperidine rings is 1. The molecule has 1 aromatic heterocycles. The zero-order valence-corrected chi connectivity index (χ0v) is 16.1. The Morgan fingerprint density at radius 2 is 1.89 bits per heavy atom. The van der Waals surface area contributed by atoms with Crippen LogP contribution < -0.4 is 0 Å². The van der Waals surface area contributed by atoms with Gasteiger partial charge in [0.25, 0.3) is 0 Å². The molecule has 1 aromatic carbocycles. The largest absolute Gasteiger partial charge is 0.342 e. The monoisotopic (exact) mass is 366 g/mol. The Labute approximate surface area is 162 Å². The molecule has 2 aliphatic heterocycles.